The van der Waals surface area contributed by atoms with E-state index in [0.717, 1.165) is 25.1 Å². The number of aromatic nitrogens is 2. The van der Waals surface area contributed by atoms with Crippen LogP contribution >= 0.6 is 0 Å². The Morgan fingerprint density at radius 1 is 1.65 bits per heavy atom. The fourth-order valence-electron chi connectivity index (χ4n) is 2.35. The number of hydrogen-bond donors (Lipinski definition) is 2. The summed E-state index contributed by atoms with van der Waals surface area (Å²) in [5, 5.41) is 10.6. The highest BCUT2D eigenvalue weighted by atomic mass is 16.1. The SMILES string of the molecule is Cc1nn(C)cc1C(=O)NC1CCNC(C)C1. The highest BCUT2D eigenvalue weighted by molar-refractivity contribution is 5.95. The van der Waals surface area contributed by atoms with Gasteiger partial charge in [0.25, 0.3) is 5.91 Å². The second-order valence-electron chi connectivity index (χ2n) is 4.85. The van der Waals surface area contributed by atoms with E-state index in [0.29, 0.717) is 11.6 Å². The lowest BCUT2D eigenvalue weighted by atomic mass is 10.0. The van der Waals surface area contributed by atoms with E-state index in [4.69, 9.17) is 0 Å². The summed E-state index contributed by atoms with van der Waals surface area (Å²) in [7, 11) is 1.83. The van der Waals surface area contributed by atoms with Crippen molar-refractivity contribution in [2.45, 2.75) is 38.8 Å². The lowest BCUT2D eigenvalue weighted by Crippen LogP contribution is -2.46. The van der Waals surface area contributed by atoms with Crippen LogP contribution in [0.5, 0.6) is 0 Å². The molecule has 0 aliphatic carbocycles. The zero-order valence-corrected chi connectivity index (χ0v) is 10.7. The van der Waals surface area contributed by atoms with Gasteiger partial charge in [-0.25, -0.2) is 0 Å². The van der Waals surface area contributed by atoms with E-state index in [1.165, 1.54) is 0 Å². The summed E-state index contributed by atoms with van der Waals surface area (Å²) >= 11 is 0. The maximum atomic E-state index is 12.1. The molecule has 0 bridgehead atoms. The van der Waals surface area contributed by atoms with E-state index in [1.807, 2.05) is 14.0 Å². The number of amides is 1. The number of piperidine rings is 1. The third kappa shape index (κ3) is 2.85. The molecule has 0 saturated carbocycles. The van der Waals surface area contributed by atoms with Crippen LogP contribution in [0.15, 0.2) is 6.20 Å². The van der Waals surface area contributed by atoms with E-state index in [2.05, 4.69) is 22.7 Å². The molecule has 2 atom stereocenters. The average molecular weight is 236 g/mol. The van der Waals surface area contributed by atoms with Crippen molar-refractivity contribution in [2.75, 3.05) is 6.54 Å². The number of aryl methyl sites for hydroxylation is 2. The van der Waals surface area contributed by atoms with Crippen LogP contribution < -0.4 is 10.6 Å². The molecule has 5 heteroatoms. The molecule has 1 fully saturated rings. The molecule has 17 heavy (non-hydrogen) atoms. The molecule has 1 aromatic rings. The maximum Gasteiger partial charge on any atom is 0.254 e. The second-order valence-corrected chi connectivity index (χ2v) is 4.85. The number of rotatable bonds is 2. The molecule has 0 radical (unpaired) electrons. The lowest BCUT2D eigenvalue weighted by Gasteiger charge is -2.28. The minimum absolute atomic E-state index is 0.00491. The van der Waals surface area contributed by atoms with Crippen LogP contribution in [-0.2, 0) is 7.05 Å². The predicted octanol–water partition coefficient (Wildman–Crippen LogP) is 0.599. The molecule has 1 amide bonds. The number of nitrogens with one attached hydrogen (secondary N) is 2. The maximum absolute atomic E-state index is 12.1. The van der Waals surface area contributed by atoms with E-state index >= 15 is 0 Å². The Kier molecular flexibility index (Phi) is 3.47. The van der Waals surface area contributed by atoms with Crippen molar-refractivity contribution < 1.29 is 4.79 Å². The summed E-state index contributed by atoms with van der Waals surface area (Å²) < 4.78 is 1.68. The van der Waals surface area contributed by atoms with Crippen molar-refractivity contribution >= 4 is 5.91 Å². The van der Waals surface area contributed by atoms with Gasteiger partial charge in [0.05, 0.1) is 11.3 Å². The van der Waals surface area contributed by atoms with Gasteiger partial charge in [0.1, 0.15) is 0 Å². The minimum Gasteiger partial charge on any atom is -0.349 e. The van der Waals surface area contributed by atoms with Crippen LogP contribution in [-0.4, -0.2) is 34.3 Å². The summed E-state index contributed by atoms with van der Waals surface area (Å²) in [6.45, 7) is 4.98. The van der Waals surface area contributed by atoms with Crippen molar-refractivity contribution in [3.05, 3.63) is 17.5 Å². The van der Waals surface area contributed by atoms with Crippen LogP contribution in [0.3, 0.4) is 0 Å². The van der Waals surface area contributed by atoms with Crippen molar-refractivity contribution in [1.29, 1.82) is 0 Å². The fourth-order valence-corrected chi connectivity index (χ4v) is 2.35. The smallest absolute Gasteiger partial charge is 0.254 e. The monoisotopic (exact) mass is 236 g/mol. The largest absolute Gasteiger partial charge is 0.349 e. The Bertz CT molecular complexity index is 413. The molecular formula is C12H20N4O. The summed E-state index contributed by atoms with van der Waals surface area (Å²) in [6, 6.07) is 0.752. The molecule has 5 nitrogen and oxygen atoms in total. The van der Waals surface area contributed by atoms with E-state index in [9.17, 15) is 4.79 Å². The first-order chi connectivity index (χ1) is 8.06. The van der Waals surface area contributed by atoms with Gasteiger partial charge in [-0.2, -0.15) is 5.10 Å². The van der Waals surface area contributed by atoms with Crippen LogP contribution in [0.4, 0.5) is 0 Å². The second kappa shape index (κ2) is 4.87. The molecule has 2 N–H and O–H groups in total. The van der Waals surface area contributed by atoms with Crippen molar-refractivity contribution in [3.63, 3.8) is 0 Å². The zero-order valence-electron chi connectivity index (χ0n) is 10.7. The Balaban J connectivity index is 1.99. The molecule has 1 saturated heterocycles. The summed E-state index contributed by atoms with van der Waals surface area (Å²) in [5.41, 5.74) is 1.46. The lowest BCUT2D eigenvalue weighted by molar-refractivity contribution is 0.0925. The number of carbonyl (C=O) groups is 1. The molecule has 2 unspecified atom stereocenters. The van der Waals surface area contributed by atoms with Crippen LogP contribution in [0.2, 0.25) is 0 Å². The van der Waals surface area contributed by atoms with Crippen LogP contribution in [0.25, 0.3) is 0 Å². The number of carbonyl (C=O) groups excluding carboxylic acids is 1. The highest BCUT2D eigenvalue weighted by Gasteiger charge is 2.21. The van der Waals surface area contributed by atoms with Gasteiger partial charge in [0.2, 0.25) is 0 Å². The summed E-state index contributed by atoms with van der Waals surface area (Å²) in [4.78, 5) is 12.1. The Hall–Kier alpha value is -1.36. The fraction of sp³-hybridized carbons (Fsp3) is 0.667. The molecule has 2 heterocycles. The molecule has 0 aromatic carbocycles. The quantitative estimate of drug-likeness (QED) is 0.790. The van der Waals surface area contributed by atoms with Gasteiger partial charge >= 0.3 is 0 Å². The summed E-state index contributed by atoms with van der Waals surface area (Å²) in [5.74, 6) is -0.00491. The molecule has 2 rings (SSSR count). The normalized spacial score (nSPS) is 24.6. The van der Waals surface area contributed by atoms with Crippen molar-refractivity contribution in [2.24, 2.45) is 7.05 Å². The standard InChI is InChI=1S/C12H20N4O/c1-8-6-10(4-5-13-8)14-12(17)11-7-16(3)15-9(11)2/h7-8,10,13H,4-6H2,1-3H3,(H,14,17). The van der Waals surface area contributed by atoms with Gasteiger partial charge in [0.15, 0.2) is 0 Å². The van der Waals surface area contributed by atoms with E-state index < -0.39 is 0 Å². The molecule has 1 aliphatic rings. The van der Waals surface area contributed by atoms with Gasteiger partial charge in [-0.3, -0.25) is 9.48 Å². The van der Waals surface area contributed by atoms with Crippen LogP contribution in [0, 0.1) is 6.92 Å². The number of nitrogens with zero attached hydrogens (tertiary/aromatic N) is 2. The predicted molar refractivity (Wildman–Crippen MR) is 65.9 cm³/mol. The molecule has 0 spiro atoms. The Morgan fingerprint density at radius 2 is 2.41 bits per heavy atom. The van der Waals surface area contributed by atoms with Crippen LogP contribution in [0.1, 0.15) is 35.8 Å². The zero-order chi connectivity index (χ0) is 12.4. The molecular weight excluding hydrogens is 216 g/mol. The van der Waals surface area contributed by atoms with E-state index in [1.54, 1.807) is 10.9 Å². The first-order valence-corrected chi connectivity index (χ1v) is 6.10. The van der Waals surface area contributed by atoms with Gasteiger partial charge < -0.3 is 10.6 Å². The van der Waals surface area contributed by atoms with Gasteiger partial charge in [-0.05, 0) is 33.2 Å². The first kappa shape index (κ1) is 12.1. The minimum atomic E-state index is -0.00491. The van der Waals surface area contributed by atoms with Gasteiger partial charge in [-0.1, -0.05) is 0 Å². The van der Waals surface area contributed by atoms with Gasteiger partial charge in [-0.15, -0.1) is 0 Å². The van der Waals surface area contributed by atoms with E-state index in [-0.39, 0.29) is 11.9 Å². The number of hydrogen-bond acceptors (Lipinski definition) is 3. The Labute approximate surface area is 102 Å². The first-order valence-electron chi connectivity index (χ1n) is 6.10. The average Bonchev–Trinajstić information content (AvgIpc) is 2.58. The Morgan fingerprint density at radius 3 is 3.00 bits per heavy atom. The molecule has 1 aliphatic heterocycles. The molecule has 1 aromatic heterocycles. The molecule has 94 valence electrons. The van der Waals surface area contributed by atoms with Crippen molar-refractivity contribution in [3.8, 4) is 0 Å². The third-order valence-electron chi connectivity index (χ3n) is 3.22. The summed E-state index contributed by atoms with van der Waals surface area (Å²) in [6.07, 6.45) is 3.76. The highest BCUT2D eigenvalue weighted by Crippen LogP contribution is 2.10. The van der Waals surface area contributed by atoms with Crippen molar-refractivity contribution in [1.82, 2.24) is 20.4 Å². The van der Waals surface area contributed by atoms with Gasteiger partial charge in [0, 0.05) is 25.3 Å². The third-order valence-corrected chi connectivity index (χ3v) is 3.22. The topological polar surface area (TPSA) is 59.0 Å².